The summed E-state index contributed by atoms with van der Waals surface area (Å²) in [5.41, 5.74) is 15.8. The molecule has 0 saturated heterocycles. The normalized spacial score (nSPS) is 12.2. The third-order valence-corrected chi connectivity index (χ3v) is 6.82. The van der Waals surface area contributed by atoms with Crippen LogP contribution in [0, 0.1) is 13.8 Å². The first-order chi connectivity index (χ1) is 17.3. The van der Waals surface area contributed by atoms with Gasteiger partial charge in [0.1, 0.15) is 6.04 Å². The zero-order chi connectivity index (χ0) is 25.7. The minimum atomic E-state index is -0.784. The van der Waals surface area contributed by atoms with Crippen LogP contribution in [-0.4, -0.2) is 23.7 Å². The van der Waals surface area contributed by atoms with E-state index in [1.54, 1.807) is 5.48 Å². The number of benzene rings is 4. The van der Waals surface area contributed by atoms with Crippen molar-refractivity contribution in [1.29, 1.82) is 0 Å². The molecule has 0 spiro atoms. The summed E-state index contributed by atoms with van der Waals surface area (Å²) in [7, 11) is 0. The largest absolute Gasteiger partial charge is 0.328 e. The van der Waals surface area contributed by atoms with Crippen LogP contribution in [0.3, 0.4) is 0 Å². The predicted octanol–water partition coefficient (Wildman–Crippen LogP) is 5.32. The molecule has 0 bridgehead atoms. The van der Waals surface area contributed by atoms with Gasteiger partial charge in [-0.15, -0.1) is 0 Å². The van der Waals surface area contributed by atoms with E-state index in [0.717, 1.165) is 33.4 Å². The molecule has 0 radical (unpaired) electrons. The SMILES string of the molecule is Cc1ccc(-c2ccc(C(C)(N[C@@H](CN)C(=O)NO)c3ccc(-c4ccc(C)cc4)cc3)cc2)cc1. The van der Waals surface area contributed by atoms with Crippen LogP contribution >= 0.6 is 0 Å². The Hall–Kier alpha value is -3.77. The van der Waals surface area contributed by atoms with Gasteiger partial charge in [-0.05, 0) is 54.2 Å². The molecule has 5 N–H and O–H groups in total. The van der Waals surface area contributed by atoms with E-state index in [-0.39, 0.29) is 6.54 Å². The van der Waals surface area contributed by atoms with Gasteiger partial charge in [-0.3, -0.25) is 15.3 Å². The molecule has 4 aromatic carbocycles. The number of aryl methyl sites for hydroxylation is 2. The lowest BCUT2D eigenvalue weighted by Crippen LogP contribution is -2.55. The van der Waals surface area contributed by atoms with Gasteiger partial charge in [0.2, 0.25) is 0 Å². The lowest BCUT2D eigenvalue weighted by atomic mass is 9.82. The Bertz CT molecular complexity index is 1210. The van der Waals surface area contributed by atoms with Crippen LogP contribution in [0.25, 0.3) is 22.3 Å². The van der Waals surface area contributed by atoms with Crippen molar-refractivity contribution >= 4 is 5.91 Å². The van der Waals surface area contributed by atoms with Gasteiger partial charge in [0.25, 0.3) is 5.91 Å². The van der Waals surface area contributed by atoms with Crippen LogP contribution in [-0.2, 0) is 10.3 Å². The van der Waals surface area contributed by atoms with Gasteiger partial charge >= 0.3 is 0 Å². The Kier molecular flexibility index (Phi) is 7.65. The smallest absolute Gasteiger partial charge is 0.261 e. The Morgan fingerprint density at radius 1 is 0.722 bits per heavy atom. The van der Waals surface area contributed by atoms with Crippen LogP contribution in [0.1, 0.15) is 29.2 Å². The van der Waals surface area contributed by atoms with E-state index in [4.69, 9.17) is 5.73 Å². The zero-order valence-electron chi connectivity index (χ0n) is 21.0. The van der Waals surface area contributed by atoms with Gasteiger partial charge in [-0.2, -0.15) is 0 Å². The van der Waals surface area contributed by atoms with E-state index in [0.29, 0.717) is 0 Å². The lowest BCUT2D eigenvalue weighted by molar-refractivity contribution is -0.131. The van der Waals surface area contributed by atoms with Crippen LogP contribution in [0.4, 0.5) is 0 Å². The standard InChI is InChI=1S/C31H33N3O2/c1-21-4-8-23(9-5-21)25-12-16-27(17-13-25)31(3,33-29(20-32)30(35)34-36)28-18-14-26(15-19-28)24-10-6-22(2)7-11-24/h4-19,29,33,36H,20,32H2,1-3H3,(H,34,35)/t29-/m0/s1. The van der Waals surface area contributed by atoms with Gasteiger partial charge < -0.3 is 5.73 Å². The number of nitrogens with one attached hydrogen (secondary N) is 2. The fourth-order valence-electron chi connectivity index (χ4n) is 4.48. The number of rotatable bonds is 8. The van der Waals surface area contributed by atoms with E-state index < -0.39 is 17.5 Å². The van der Waals surface area contributed by atoms with E-state index in [2.05, 4.69) is 116 Å². The Labute approximate surface area is 213 Å². The zero-order valence-corrected chi connectivity index (χ0v) is 21.0. The third-order valence-electron chi connectivity index (χ3n) is 6.82. The van der Waals surface area contributed by atoms with E-state index in [9.17, 15) is 10.0 Å². The molecule has 0 fully saturated rings. The average molecular weight is 480 g/mol. The fraction of sp³-hybridized carbons (Fsp3) is 0.194. The molecule has 184 valence electrons. The molecule has 5 heteroatoms. The molecule has 0 aliphatic rings. The summed E-state index contributed by atoms with van der Waals surface area (Å²) in [4.78, 5) is 12.3. The summed E-state index contributed by atoms with van der Waals surface area (Å²) in [6.45, 7) is 6.21. The van der Waals surface area contributed by atoms with Gasteiger partial charge in [-0.1, -0.05) is 108 Å². The molecule has 1 amide bonds. The second kappa shape index (κ2) is 10.9. The van der Waals surface area contributed by atoms with Gasteiger partial charge in [0.05, 0.1) is 5.54 Å². The van der Waals surface area contributed by atoms with Crippen molar-refractivity contribution < 1.29 is 10.0 Å². The van der Waals surface area contributed by atoms with E-state index >= 15 is 0 Å². The maximum absolute atomic E-state index is 12.3. The quantitative estimate of drug-likeness (QED) is 0.203. The van der Waals surface area contributed by atoms with Gasteiger partial charge in [0.15, 0.2) is 0 Å². The molecule has 0 unspecified atom stereocenters. The number of nitrogens with two attached hydrogens (primary N) is 1. The van der Waals surface area contributed by atoms with Crippen molar-refractivity contribution in [2.24, 2.45) is 5.73 Å². The minimum absolute atomic E-state index is 0.0326. The second-order valence-electron chi connectivity index (χ2n) is 9.42. The second-order valence-corrected chi connectivity index (χ2v) is 9.42. The first-order valence-corrected chi connectivity index (χ1v) is 12.1. The summed E-state index contributed by atoms with van der Waals surface area (Å²) < 4.78 is 0. The molecular formula is C31H33N3O2. The van der Waals surface area contributed by atoms with Crippen LogP contribution in [0.15, 0.2) is 97.1 Å². The van der Waals surface area contributed by atoms with E-state index in [1.165, 1.54) is 11.1 Å². The van der Waals surface area contributed by atoms with Crippen LogP contribution in [0.5, 0.6) is 0 Å². The van der Waals surface area contributed by atoms with Crippen molar-refractivity contribution in [1.82, 2.24) is 10.8 Å². The highest BCUT2D eigenvalue weighted by molar-refractivity contribution is 5.81. The fourth-order valence-corrected chi connectivity index (χ4v) is 4.48. The molecular weight excluding hydrogens is 446 g/mol. The first-order valence-electron chi connectivity index (χ1n) is 12.1. The number of carbonyl (C=O) groups is 1. The monoisotopic (exact) mass is 479 g/mol. The summed E-state index contributed by atoms with van der Waals surface area (Å²) in [6.07, 6.45) is 0. The first kappa shape index (κ1) is 25.3. The van der Waals surface area contributed by atoms with Gasteiger partial charge in [-0.25, -0.2) is 5.48 Å². The van der Waals surface area contributed by atoms with E-state index in [1.807, 2.05) is 6.92 Å². The van der Waals surface area contributed by atoms with Crippen molar-refractivity contribution in [3.05, 3.63) is 119 Å². The van der Waals surface area contributed by atoms with Crippen molar-refractivity contribution in [3.8, 4) is 22.3 Å². The van der Waals surface area contributed by atoms with Crippen molar-refractivity contribution in [3.63, 3.8) is 0 Å². The van der Waals surface area contributed by atoms with Gasteiger partial charge in [0, 0.05) is 6.54 Å². The molecule has 4 rings (SSSR count). The molecule has 5 nitrogen and oxygen atoms in total. The Morgan fingerprint density at radius 2 is 1.06 bits per heavy atom. The summed E-state index contributed by atoms with van der Waals surface area (Å²) in [5, 5.41) is 12.6. The molecule has 0 saturated carbocycles. The highest BCUT2D eigenvalue weighted by Gasteiger charge is 2.33. The summed E-state index contributed by atoms with van der Waals surface area (Å²) in [6, 6.07) is 32.7. The highest BCUT2D eigenvalue weighted by atomic mass is 16.5. The molecule has 36 heavy (non-hydrogen) atoms. The topological polar surface area (TPSA) is 87.4 Å². The van der Waals surface area contributed by atoms with Crippen molar-refractivity contribution in [2.75, 3.05) is 6.54 Å². The number of carbonyl (C=O) groups excluding carboxylic acids is 1. The number of hydroxylamine groups is 1. The maximum Gasteiger partial charge on any atom is 0.261 e. The number of hydrogen-bond donors (Lipinski definition) is 4. The maximum atomic E-state index is 12.3. The van der Waals surface area contributed by atoms with Crippen LogP contribution < -0.4 is 16.5 Å². The van der Waals surface area contributed by atoms with Crippen LogP contribution in [0.2, 0.25) is 0 Å². The lowest BCUT2D eigenvalue weighted by Gasteiger charge is -2.35. The summed E-state index contributed by atoms with van der Waals surface area (Å²) >= 11 is 0. The predicted molar refractivity (Wildman–Crippen MR) is 146 cm³/mol. The molecule has 0 heterocycles. The molecule has 1 atom stereocenters. The summed E-state index contributed by atoms with van der Waals surface area (Å²) in [5.74, 6) is -0.573. The minimum Gasteiger partial charge on any atom is -0.328 e. The van der Waals surface area contributed by atoms with Crippen molar-refractivity contribution in [2.45, 2.75) is 32.4 Å². The Morgan fingerprint density at radius 3 is 1.36 bits per heavy atom. The molecule has 0 aliphatic heterocycles. The Balaban J connectivity index is 1.72. The molecule has 4 aromatic rings. The number of amides is 1. The third kappa shape index (κ3) is 5.39. The highest BCUT2D eigenvalue weighted by Crippen LogP contribution is 2.33. The average Bonchev–Trinajstić information content (AvgIpc) is 2.92. The molecule has 0 aromatic heterocycles. The number of hydrogen-bond acceptors (Lipinski definition) is 4. The molecule has 0 aliphatic carbocycles.